The van der Waals surface area contributed by atoms with E-state index in [1.54, 1.807) is 30.3 Å². The summed E-state index contributed by atoms with van der Waals surface area (Å²) in [5.41, 5.74) is 0.214. The molecule has 0 unspecified atom stereocenters. The third kappa shape index (κ3) is 2.43. The monoisotopic (exact) mass is 335 g/mol. The van der Waals surface area contributed by atoms with Crippen molar-refractivity contribution in [1.29, 1.82) is 0 Å². The predicted molar refractivity (Wildman–Crippen MR) is 86.8 cm³/mol. The van der Waals surface area contributed by atoms with E-state index in [1.807, 2.05) is 6.07 Å². The van der Waals surface area contributed by atoms with Gasteiger partial charge in [-0.3, -0.25) is 10.1 Å². The summed E-state index contributed by atoms with van der Waals surface area (Å²) in [6, 6.07) is 14.9. The average Bonchev–Trinajstić information content (AvgIpc) is 3.07. The van der Waals surface area contributed by atoms with Crippen molar-refractivity contribution in [2.75, 3.05) is 0 Å². The van der Waals surface area contributed by atoms with Gasteiger partial charge in [0.1, 0.15) is 11.3 Å². The molecule has 0 saturated carbocycles. The minimum absolute atomic E-state index is 0.0635. The van der Waals surface area contributed by atoms with Crippen LogP contribution in [0.15, 0.2) is 63.8 Å². The smallest absolute Gasteiger partial charge is 0.368 e. The molecule has 0 saturated heterocycles. The van der Waals surface area contributed by atoms with Crippen LogP contribution in [-0.4, -0.2) is 25.0 Å². The molecule has 25 heavy (non-hydrogen) atoms. The van der Waals surface area contributed by atoms with Crippen LogP contribution in [0.4, 0.5) is 5.69 Å². The van der Waals surface area contributed by atoms with Crippen LogP contribution in [-0.2, 0) is 0 Å². The number of nitro benzene ring substituents is 1. The van der Waals surface area contributed by atoms with Crippen LogP contribution in [0.25, 0.3) is 28.2 Å². The van der Waals surface area contributed by atoms with E-state index in [2.05, 4.69) is 15.4 Å². The highest BCUT2D eigenvalue weighted by atomic mass is 16.6. The number of fused-ring (bicyclic) bond motifs is 1. The van der Waals surface area contributed by atoms with Crippen LogP contribution in [0.1, 0.15) is 0 Å². The summed E-state index contributed by atoms with van der Waals surface area (Å²) >= 11 is 0. The maximum atomic E-state index is 12.4. The number of nitrogens with zero attached hydrogens (tertiary/aromatic N) is 5. The number of rotatable bonds is 3. The van der Waals surface area contributed by atoms with E-state index in [0.717, 1.165) is 4.63 Å². The van der Waals surface area contributed by atoms with Crippen molar-refractivity contribution in [1.82, 2.24) is 20.0 Å². The second-order valence-electron chi connectivity index (χ2n) is 5.11. The van der Waals surface area contributed by atoms with Crippen molar-refractivity contribution >= 4 is 11.2 Å². The second kappa shape index (κ2) is 5.64. The Morgan fingerprint density at radius 1 is 1.04 bits per heavy atom. The summed E-state index contributed by atoms with van der Waals surface area (Å²) < 4.78 is 6.24. The van der Waals surface area contributed by atoms with Gasteiger partial charge in [0.25, 0.3) is 11.6 Å². The first-order valence-corrected chi connectivity index (χ1v) is 7.21. The summed E-state index contributed by atoms with van der Waals surface area (Å²) in [7, 11) is 0. The van der Waals surface area contributed by atoms with Gasteiger partial charge in [-0.2, -0.15) is 0 Å². The van der Waals surface area contributed by atoms with E-state index in [0.29, 0.717) is 11.3 Å². The van der Waals surface area contributed by atoms with Crippen LogP contribution in [0, 0.1) is 10.1 Å². The summed E-state index contributed by atoms with van der Waals surface area (Å²) in [5.74, 6) is -0.200. The first-order valence-electron chi connectivity index (χ1n) is 7.21. The Kier molecular flexibility index (Phi) is 3.31. The van der Waals surface area contributed by atoms with Crippen molar-refractivity contribution in [2.45, 2.75) is 0 Å². The molecule has 2 aromatic heterocycles. The van der Waals surface area contributed by atoms with Gasteiger partial charge in [-0.25, -0.2) is 4.79 Å². The van der Waals surface area contributed by atoms with Crippen LogP contribution in [0.5, 0.6) is 0 Å². The number of aromatic nitrogens is 4. The number of hydrogen-bond donors (Lipinski definition) is 0. The molecule has 2 heterocycles. The van der Waals surface area contributed by atoms with Gasteiger partial charge in [-0.15, -0.1) is 14.8 Å². The molecule has 0 radical (unpaired) electrons. The molecule has 0 atom stereocenters. The summed E-state index contributed by atoms with van der Waals surface area (Å²) in [5, 5.41) is 23.0. The van der Waals surface area contributed by atoms with Crippen molar-refractivity contribution in [2.24, 2.45) is 0 Å². The molecule has 122 valence electrons. The molecule has 4 rings (SSSR count). The molecule has 0 N–H and O–H groups in total. The van der Waals surface area contributed by atoms with E-state index in [1.165, 1.54) is 18.2 Å². The van der Waals surface area contributed by atoms with E-state index >= 15 is 0 Å². The quantitative estimate of drug-likeness (QED) is 0.416. The molecular weight excluding hydrogens is 326 g/mol. The van der Waals surface area contributed by atoms with Gasteiger partial charge in [0.15, 0.2) is 0 Å². The minimum Gasteiger partial charge on any atom is -0.400 e. The van der Waals surface area contributed by atoms with Gasteiger partial charge >= 0.3 is 5.63 Å². The van der Waals surface area contributed by atoms with Crippen LogP contribution < -0.4 is 5.63 Å². The molecule has 9 nitrogen and oxygen atoms in total. The zero-order valence-electron chi connectivity index (χ0n) is 12.6. The second-order valence-corrected chi connectivity index (χ2v) is 5.11. The third-order valence-corrected chi connectivity index (χ3v) is 3.60. The lowest BCUT2D eigenvalue weighted by molar-refractivity contribution is -0.384. The molecule has 0 fully saturated rings. The minimum atomic E-state index is -0.730. The van der Waals surface area contributed by atoms with E-state index in [4.69, 9.17) is 4.42 Å². The average molecular weight is 335 g/mol. The Balaban J connectivity index is 1.94. The Hall–Kier alpha value is -3.88. The zero-order valence-corrected chi connectivity index (χ0v) is 12.6. The highest BCUT2D eigenvalue weighted by molar-refractivity contribution is 5.75. The molecule has 0 bridgehead atoms. The van der Waals surface area contributed by atoms with Crippen molar-refractivity contribution in [3.63, 3.8) is 0 Å². The lowest BCUT2D eigenvalue weighted by atomic mass is 10.1. The van der Waals surface area contributed by atoms with Gasteiger partial charge < -0.3 is 4.42 Å². The fraction of sp³-hybridized carbons (Fsp3) is 0. The largest absolute Gasteiger partial charge is 0.400 e. The summed E-state index contributed by atoms with van der Waals surface area (Å²) in [6.45, 7) is 0. The Labute approximate surface area is 139 Å². The molecule has 2 aromatic carbocycles. The lowest BCUT2D eigenvalue weighted by Crippen LogP contribution is -2.10. The van der Waals surface area contributed by atoms with Crippen LogP contribution >= 0.6 is 0 Å². The fourth-order valence-corrected chi connectivity index (χ4v) is 2.48. The van der Waals surface area contributed by atoms with Gasteiger partial charge in [0.05, 0.1) is 4.92 Å². The van der Waals surface area contributed by atoms with Crippen molar-refractivity contribution in [3.05, 3.63) is 75.1 Å². The molecule has 4 aromatic rings. The number of para-hydroxylation sites is 1. The molecule has 9 heteroatoms. The highest BCUT2D eigenvalue weighted by Crippen LogP contribution is 2.27. The Morgan fingerprint density at radius 2 is 1.76 bits per heavy atom. The predicted octanol–water partition coefficient (Wildman–Crippen LogP) is 2.32. The lowest BCUT2D eigenvalue weighted by Gasteiger charge is -2.01. The van der Waals surface area contributed by atoms with Gasteiger partial charge in [-0.1, -0.05) is 42.5 Å². The molecule has 0 aliphatic rings. The standard InChI is InChI=1S/C16H9N5O4/c22-16-14-13(10-6-2-1-3-7-10)17-19-20(14)18-15(25-16)11-8-4-5-9-12(11)21(23)24/h1-9H. The number of nitro groups is 1. The first-order chi connectivity index (χ1) is 12.1. The van der Waals surface area contributed by atoms with Gasteiger partial charge in [0.2, 0.25) is 5.52 Å². The van der Waals surface area contributed by atoms with E-state index in [-0.39, 0.29) is 22.7 Å². The molecule has 0 spiro atoms. The van der Waals surface area contributed by atoms with Crippen molar-refractivity contribution in [3.8, 4) is 22.7 Å². The van der Waals surface area contributed by atoms with Crippen LogP contribution in [0.3, 0.4) is 0 Å². The normalized spacial score (nSPS) is 10.9. The summed E-state index contributed by atoms with van der Waals surface area (Å²) in [6.07, 6.45) is 0. The zero-order chi connectivity index (χ0) is 17.4. The van der Waals surface area contributed by atoms with Crippen LogP contribution in [0.2, 0.25) is 0 Å². The van der Waals surface area contributed by atoms with E-state index in [9.17, 15) is 14.9 Å². The van der Waals surface area contributed by atoms with Gasteiger partial charge in [-0.05, 0) is 11.3 Å². The highest BCUT2D eigenvalue weighted by Gasteiger charge is 2.21. The summed E-state index contributed by atoms with van der Waals surface area (Å²) in [4.78, 5) is 23.0. The third-order valence-electron chi connectivity index (χ3n) is 3.60. The van der Waals surface area contributed by atoms with E-state index < -0.39 is 10.5 Å². The SMILES string of the molecule is O=c1oc(-c2ccccc2[N+](=O)[O-])nn2nnc(-c3ccccc3)c12. The molecule has 0 aliphatic carbocycles. The van der Waals surface area contributed by atoms with Gasteiger partial charge in [0, 0.05) is 11.6 Å². The molecule has 0 amide bonds. The molecular formula is C16H9N5O4. The maximum absolute atomic E-state index is 12.4. The molecule has 0 aliphatic heterocycles. The van der Waals surface area contributed by atoms with Crippen molar-refractivity contribution < 1.29 is 9.34 Å². The Bertz CT molecular complexity index is 1150. The first kappa shape index (κ1) is 14.7. The Morgan fingerprint density at radius 3 is 2.52 bits per heavy atom. The number of benzene rings is 2. The fourth-order valence-electron chi connectivity index (χ4n) is 2.48. The number of hydrogen-bond acceptors (Lipinski definition) is 7. The topological polar surface area (TPSA) is 116 Å². The maximum Gasteiger partial charge on any atom is 0.368 e.